The van der Waals surface area contributed by atoms with Crippen LogP contribution in [0, 0.1) is 21.7 Å². The number of amides is 1. The fraction of sp³-hybridized carbons (Fsp3) is 0.417. The molecule has 0 unspecified atom stereocenters. The summed E-state index contributed by atoms with van der Waals surface area (Å²) in [5.74, 6) is -2.81. The van der Waals surface area contributed by atoms with Crippen molar-refractivity contribution in [2.24, 2.45) is 0 Å². The third-order valence-electron chi connectivity index (χ3n) is 2.87. The number of hydrogen-bond acceptors (Lipinski definition) is 4. The number of nitrogens with one attached hydrogen (secondary N) is 2. The van der Waals surface area contributed by atoms with E-state index >= 15 is 0 Å². The van der Waals surface area contributed by atoms with Gasteiger partial charge in [-0.3, -0.25) is 14.9 Å². The molecule has 0 saturated heterocycles. The molecule has 2 rings (SSSR count). The van der Waals surface area contributed by atoms with E-state index in [1.165, 1.54) is 0 Å². The summed E-state index contributed by atoms with van der Waals surface area (Å²) >= 11 is 0. The molecule has 0 aromatic heterocycles. The Morgan fingerprint density at radius 1 is 1.35 bits per heavy atom. The van der Waals surface area contributed by atoms with Gasteiger partial charge >= 0.3 is 5.69 Å². The molecular formula is C12H13F2N3O3. The Labute approximate surface area is 113 Å². The van der Waals surface area contributed by atoms with Gasteiger partial charge in [0, 0.05) is 31.1 Å². The molecule has 0 aliphatic heterocycles. The Morgan fingerprint density at radius 3 is 2.65 bits per heavy atom. The first-order valence-electron chi connectivity index (χ1n) is 6.14. The number of anilines is 1. The van der Waals surface area contributed by atoms with Gasteiger partial charge in [-0.25, -0.2) is 4.39 Å². The minimum Gasteiger partial charge on any atom is -0.323 e. The van der Waals surface area contributed by atoms with Crippen LogP contribution in [0.5, 0.6) is 0 Å². The maximum Gasteiger partial charge on any atom is 0.307 e. The van der Waals surface area contributed by atoms with E-state index in [1.807, 2.05) is 0 Å². The molecule has 0 radical (unpaired) electrons. The number of nitro groups is 1. The van der Waals surface area contributed by atoms with E-state index in [0.717, 1.165) is 12.8 Å². The van der Waals surface area contributed by atoms with Crippen molar-refractivity contribution < 1.29 is 18.5 Å². The third-order valence-corrected chi connectivity index (χ3v) is 2.87. The van der Waals surface area contributed by atoms with Gasteiger partial charge in [-0.2, -0.15) is 4.39 Å². The maximum absolute atomic E-state index is 13.4. The number of benzene rings is 1. The molecule has 0 bridgehead atoms. The summed E-state index contributed by atoms with van der Waals surface area (Å²) in [6.07, 6.45) is 2.28. The van der Waals surface area contributed by atoms with Crippen LogP contribution in [0.25, 0.3) is 0 Å². The maximum atomic E-state index is 13.4. The molecule has 6 nitrogen and oxygen atoms in total. The molecule has 8 heteroatoms. The quantitative estimate of drug-likeness (QED) is 0.618. The lowest BCUT2D eigenvalue weighted by Gasteiger charge is -2.07. The van der Waals surface area contributed by atoms with E-state index in [0.29, 0.717) is 24.7 Å². The van der Waals surface area contributed by atoms with Crippen molar-refractivity contribution in [1.82, 2.24) is 5.32 Å². The number of rotatable bonds is 6. The molecule has 0 heterocycles. The molecule has 1 fully saturated rings. The fourth-order valence-electron chi connectivity index (χ4n) is 1.66. The van der Waals surface area contributed by atoms with Crippen LogP contribution in [0.15, 0.2) is 12.1 Å². The summed E-state index contributed by atoms with van der Waals surface area (Å²) in [4.78, 5) is 21.1. The summed E-state index contributed by atoms with van der Waals surface area (Å²) in [7, 11) is 0. The van der Waals surface area contributed by atoms with Gasteiger partial charge in [0.05, 0.1) is 10.6 Å². The second kappa shape index (κ2) is 5.91. The van der Waals surface area contributed by atoms with Gasteiger partial charge in [0.25, 0.3) is 0 Å². The van der Waals surface area contributed by atoms with Crippen molar-refractivity contribution in [3.63, 3.8) is 0 Å². The zero-order valence-electron chi connectivity index (χ0n) is 10.5. The van der Waals surface area contributed by atoms with E-state index in [-0.39, 0.29) is 6.42 Å². The molecule has 1 amide bonds. The lowest BCUT2D eigenvalue weighted by Crippen LogP contribution is -2.23. The highest BCUT2D eigenvalue weighted by Crippen LogP contribution is 2.25. The first-order valence-corrected chi connectivity index (χ1v) is 6.14. The highest BCUT2D eigenvalue weighted by atomic mass is 19.1. The number of hydrogen-bond donors (Lipinski definition) is 2. The first-order chi connectivity index (χ1) is 9.47. The zero-order valence-corrected chi connectivity index (χ0v) is 10.5. The molecular weight excluding hydrogens is 272 g/mol. The van der Waals surface area contributed by atoms with Crippen molar-refractivity contribution >= 4 is 17.3 Å². The Balaban J connectivity index is 1.98. The topological polar surface area (TPSA) is 84.3 Å². The molecule has 1 aliphatic carbocycles. The van der Waals surface area contributed by atoms with Crippen LogP contribution in [0.1, 0.15) is 19.3 Å². The van der Waals surface area contributed by atoms with Gasteiger partial charge in [0.2, 0.25) is 11.7 Å². The average molecular weight is 285 g/mol. The summed E-state index contributed by atoms with van der Waals surface area (Å²) < 4.78 is 26.5. The molecule has 1 aliphatic rings. The van der Waals surface area contributed by atoms with Crippen molar-refractivity contribution in [2.45, 2.75) is 25.3 Å². The van der Waals surface area contributed by atoms with E-state index in [4.69, 9.17) is 0 Å². The summed E-state index contributed by atoms with van der Waals surface area (Å²) in [5, 5.41) is 15.9. The number of carbonyl (C=O) groups excluding carboxylic acids is 1. The highest BCUT2D eigenvalue weighted by Gasteiger charge is 2.21. The zero-order chi connectivity index (χ0) is 14.7. The van der Waals surface area contributed by atoms with Gasteiger partial charge in [0.1, 0.15) is 5.82 Å². The van der Waals surface area contributed by atoms with Crippen LogP contribution < -0.4 is 10.6 Å². The van der Waals surface area contributed by atoms with E-state index in [2.05, 4.69) is 10.6 Å². The van der Waals surface area contributed by atoms with Crippen LogP contribution >= 0.6 is 0 Å². The lowest BCUT2D eigenvalue weighted by atomic mass is 10.2. The molecule has 1 saturated carbocycles. The lowest BCUT2D eigenvalue weighted by molar-refractivity contribution is -0.387. The number of nitrogens with zero attached hydrogens (tertiary/aromatic N) is 1. The third kappa shape index (κ3) is 3.70. The smallest absolute Gasteiger partial charge is 0.307 e. The van der Waals surface area contributed by atoms with Gasteiger partial charge in [-0.1, -0.05) is 0 Å². The van der Waals surface area contributed by atoms with Gasteiger partial charge in [0.15, 0.2) is 0 Å². The Bertz CT molecular complexity index is 547. The molecule has 2 N–H and O–H groups in total. The van der Waals surface area contributed by atoms with Crippen molar-refractivity contribution in [3.05, 3.63) is 33.9 Å². The molecule has 20 heavy (non-hydrogen) atoms. The highest BCUT2D eigenvalue weighted by molar-refractivity contribution is 5.91. The van der Waals surface area contributed by atoms with Crippen molar-refractivity contribution in [2.75, 3.05) is 11.9 Å². The van der Waals surface area contributed by atoms with Crippen LogP contribution in [-0.2, 0) is 4.79 Å². The monoisotopic (exact) mass is 285 g/mol. The minimum absolute atomic E-state index is 0.112. The van der Waals surface area contributed by atoms with E-state index in [1.54, 1.807) is 0 Å². The van der Waals surface area contributed by atoms with Crippen LogP contribution in [0.2, 0.25) is 0 Å². The number of halogens is 2. The second-order valence-electron chi connectivity index (χ2n) is 4.57. The SMILES string of the molecule is O=C(CCNC1CC1)Nc1cc([N+](=O)[O-])c(F)cc1F. The molecule has 1 aromatic carbocycles. The van der Waals surface area contributed by atoms with E-state index < -0.39 is 33.8 Å². The van der Waals surface area contributed by atoms with E-state index in [9.17, 15) is 23.7 Å². The normalized spacial score (nSPS) is 14.1. The molecule has 108 valence electrons. The van der Waals surface area contributed by atoms with Gasteiger partial charge in [-0.15, -0.1) is 0 Å². The van der Waals surface area contributed by atoms with Crippen LogP contribution in [-0.4, -0.2) is 23.4 Å². The summed E-state index contributed by atoms with van der Waals surface area (Å²) in [5.41, 5.74) is -1.27. The number of carbonyl (C=O) groups is 1. The largest absolute Gasteiger partial charge is 0.323 e. The Hall–Kier alpha value is -2.09. The second-order valence-corrected chi connectivity index (χ2v) is 4.57. The van der Waals surface area contributed by atoms with Crippen LogP contribution in [0.4, 0.5) is 20.2 Å². The minimum atomic E-state index is -1.28. The first kappa shape index (κ1) is 14.3. The van der Waals surface area contributed by atoms with Crippen molar-refractivity contribution in [3.8, 4) is 0 Å². The summed E-state index contributed by atoms with van der Waals surface area (Å²) in [6.45, 7) is 0.446. The fourth-order valence-corrected chi connectivity index (χ4v) is 1.66. The summed E-state index contributed by atoms with van der Waals surface area (Å²) in [6, 6.07) is 1.51. The average Bonchev–Trinajstić information content (AvgIpc) is 3.16. The molecule has 0 atom stereocenters. The van der Waals surface area contributed by atoms with Crippen LogP contribution in [0.3, 0.4) is 0 Å². The molecule has 0 spiro atoms. The van der Waals surface area contributed by atoms with Gasteiger partial charge < -0.3 is 10.6 Å². The Morgan fingerprint density at radius 2 is 2.05 bits per heavy atom. The Kier molecular flexibility index (Phi) is 4.23. The predicted octanol–water partition coefficient (Wildman–Crippen LogP) is 1.95. The number of nitro benzene ring substituents is 1. The molecule has 1 aromatic rings. The van der Waals surface area contributed by atoms with Crippen molar-refractivity contribution in [1.29, 1.82) is 0 Å². The predicted molar refractivity (Wildman–Crippen MR) is 67.3 cm³/mol. The standard InChI is InChI=1S/C12H13F2N3O3/c13-8-5-9(14)11(17(19)20)6-10(8)16-12(18)3-4-15-7-1-2-7/h5-7,15H,1-4H2,(H,16,18). The van der Waals surface area contributed by atoms with Gasteiger partial charge in [-0.05, 0) is 12.8 Å².